The summed E-state index contributed by atoms with van der Waals surface area (Å²) in [6.45, 7) is 8.27. The number of hydrogen-bond acceptors (Lipinski definition) is 6. The molecule has 5 rings (SSSR count). The minimum absolute atomic E-state index is 0.0488. The second-order valence-corrected chi connectivity index (χ2v) is 9.29. The molecule has 1 amide bonds. The average Bonchev–Trinajstić information content (AvgIpc) is 3.35. The van der Waals surface area contributed by atoms with Crippen molar-refractivity contribution in [3.63, 3.8) is 0 Å². The van der Waals surface area contributed by atoms with E-state index in [1.54, 1.807) is 0 Å². The van der Waals surface area contributed by atoms with Crippen LogP contribution in [0.5, 0.6) is 0 Å². The van der Waals surface area contributed by atoms with Crippen molar-refractivity contribution in [3.8, 4) is 0 Å². The van der Waals surface area contributed by atoms with Gasteiger partial charge in [-0.05, 0) is 23.8 Å². The third-order valence-corrected chi connectivity index (χ3v) is 7.00. The Labute approximate surface area is 205 Å². The monoisotopic (exact) mass is 479 g/mol. The highest BCUT2D eigenvalue weighted by Crippen LogP contribution is 2.19. The Bertz CT molecular complexity index is 1090. The van der Waals surface area contributed by atoms with Crippen molar-refractivity contribution in [2.75, 3.05) is 57.3 Å². The molecule has 178 valence electrons. The molecule has 0 N–H and O–H groups in total. The van der Waals surface area contributed by atoms with E-state index in [0.717, 1.165) is 56.4 Å². The van der Waals surface area contributed by atoms with Gasteiger partial charge in [0.25, 0.3) is 5.91 Å². The molecule has 34 heavy (non-hydrogen) atoms. The lowest BCUT2D eigenvalue weighted by atomic mass is 10.2. The van der Waals surface area contributed by atoms with Crippen LogP contribution in [0.2, 0.25) is 5.02 Å². The van der Waals surface area contributed by atoms with Crippen LogP contribution >= 0.6 is 11.6 Å². The van der Waals surface area contributed by atoms with Gasteiger partial charge in [0.05, 0.1) is 6.54 Å². The van der Waals surface area contributed by atoms with E-state index in [9.17, 15) is 4.79 Å². The van der Waals surface area contributed by atoms with Gasteiger partial charge in [-0.25, -0.2) is 4.98 Å². The lowest BCUT2D eigenvalue weighted by Gasteiger charge is -2.35. The molecule has 1 aromatic heterocycles. The number of carbonyl (C=O) groups is 1. The number of aromatic nitrogens is 1. The van der Waals surface area contributed by atoms with Gasteiger partial charge in [-0.2, -0.15) is 0 Å². The second kappa shape index (κ2) is 10.6. The molecule has 8 heteroatoms. The van der Waals surface area contributed by atoms with Crippen LogP contribution in [0.3, 0.4) is 0 Å². The third-order valence-electron chi connectivity index (χ3n) is 6.63. The van der Waals surface area contributed by atoms with E-state index < -0.39 is 0 Å². The molecule has 2 saturated heterocycles. The number of nitrogens with zero attached hydrogens (tertiary/aromatic N) is 5. The summed E-state index contributed by atoms with van der Waals surface area (Å²) >= 11 is 6.31. The number of carbonyl (C=O) groups excluding carboxylic acids is 1. The Morgan fingerprint density at radius 2 is 1.47 bits per heavy atom. The van der Waals surface area contributed by atoms with E-state index in [4.69, 9.17) is 16.0 Å². The van der Waals surface area contributed by atoms with E-state index in [-0.39, 0.29) is 5.91 Å². The second-order valence-electron chi connectivity index (χ2n) is 8.88. The molecule has 2 aliphatic rings. The van der Waals surface area contributed by atoms with Crippen molar-refractivity contribution in [2.24, 2.45) is 0 Å². The molecule has 0 aliphatic carbocycles. The van der Waals surface area contributed by atoms with E-state index in [1.165, 1.54) is 12.0 Å². The zero-order valence-corrected chi connectivity index (χ0v) is 20.0. The summed E-state index contributed by atoms with van der Waals surface area (Å²) in [6.07, 6.45) is 1.51. The van der Waals surface area contributed by atoms with E-state index in [2.05, 4.69) is 37.9 Å². The van der Waals surface area contributed by atoms with Gasteiger partial charge in [0.15, 0.2) is 5.69 Å². The maximum absolute atomic E-state index is 12.9. The van der Waals surface area contributed by atoms with Crippen LogP contribution in [0.1, 0.15) is 21.9 Å². The fourth-order valence-electron chi connectivity index (χ4n) is 4.61. The van der Waals surface area contributed by atoms with Crippen LogP contribution in [0, 0.1) is 0 Å². The number of para-hydroxylation sites is 1. The average molecular weight is 480 g/mol. The lowest BCUT2D eigenvalue weighted by Crippen LogP contribution is -2.48. The number of oxazole rings is 1. The predicted octanol–water partition coefficient (Wildman–Crippen LogP) is 3.61. The zero-order chi connectivity index (χ0) is 23.3. The standard InChI is InChI=1S/C26H30ClN5O2/c27-23-9-5-4-6-21(23)18-29-10-12-30(13-11-29)19-25-28-24(20-34-25)26(33)32-16-14-31(15-17-32)22-7-2-1-3-8-22/h1-9,20H,10-19H2. The Hall–Kier alpha value is -2.87. The van der Waals surface area contributed by atoms with Crippen LogP contribution in [0.15, 0.2) is 65.3 Å². The van der Waals surface area contributed by atoms with E-state index in [0.29, 0.717) is 31.2 Å². The van der Waals surface area contributed by atoms with Gasteiger partial charge >= 0.3 is 0 Å². The molecular weight excluding hydrogens is 450 g/mol. The van der Waals surface area contributed by atoms with Crippen LogP contribution in [-0.2, 0) is 13.1 Å². The Balaban J connectivity index is 1.09. The van der Waals surface area contributed by atoms with Gasteiger partial charge < -0.3 is 14.2 Å². The van der Waals surface area contributed by atoms with Crippen LogP contribution in [-0.4, -0.2) is 77.9 Å². The van der Waals surface area contributed by atoms with Crippen molar-refractivity contribution < 1.29 is 9.21 Å². The summed E-state index contributed by atoms with van der Waals surface area (Å²) in [5, 5.41) is 0.823. The van der Waals surface area contributed by atoms with Crippen LogP contribution in [0.4, 0.5) is 5.69 Å². The summed E-state index contributed by atoms with van der Waals surface area (Å²) in [6, 6.07) is 18.3. The van der Waals surface area contributed by atoms with Gasteiger partial charge in [-0.1, -0.05) is 48.0 Å². The van der Waals surface area contributed by atoms with Crippen molar-refractivity contribution in [1.29, 1.82) is 0 Å². The minimum atomic E-state index is -0.0488. The lowest BCUT2D eigenvalue weighted by molar-refractivity contribution is 0.0740. The summed E-state index contributed by atoms with van der Waals surface area (Å²) in [5.41, 5.74) is 2.77. The van der Waals surface area contributed by atoms with E-state index >= 15 is 0 Å². The van der Waals surface area contributed by atoms with Gasteiger partial charge in [-0.3, -0.25) is 14.6 Å². The van der Waals surface area contributed by atoms with Crippen molar-refractivity contribution in [1.82, 2.24) is 19.7 Å². The van der Waals surface area contributed by atoms with Gasteiger partial charge in [0, 0.05) is 69.6 Å². The molecule has 3 aromatic rings. The molecule has 0 spiro atoms. The molecule has 0 atom stereocenters. The summed E-state index contributed by atoms with van der Waals surface area (Å²) in [7, 11) is 0. The maximum atomic E-state index is 12.9. The number of hydrogen-bond donors (Lipinski definition) is 0. The summed E-state index contributed by atoms with van der Waals surface area (Å²) in [4.78, 5) is 26.4. The molecule has 0 radical (unpaired) electrons. The molecule has 2 aliphatic heterocycles. The number of benzene rings is 2. The molecule has 3 heterocycles. The Morgan fingerprint density at radius 3 is 2.18 bits per heavy atom. The molecule has 0 saturated carbocycles. The summed E-state index contributed by atoms with van der Waals surface area (Å²) < 4.78 is 5.67. The van der Waals surface area contributed by atoms with Crippen LogP contribution in [0.25, 0.3) is 0 Å². The fourth-order valence-corrected chi connectivity index (χ4v) is 4.81. The minimum Gasteiger partial charge on any atom is -0.447 e. The first-order valence-corrected chi connectivity index (χ1v) is 12.3. The molecular formula is C26H30ClN5O2. The molecule has 0 bridgehead atoms. The van der Waals surface area contributed by atoms with Crippen molar-refractivity contribution in [3.05, 3.63) is 83.0 Å². The largest absolute Gasteiger partial charge is 0.447 e. The number of piperazine rings is 2. The quantitative estimate of drug-likeness (QED) is 0.538. The predicted molar refractivity (Wildman–Crippen MR) is 133 cm³/mol. The highest BCUT2D eigenvalue weighted by Gasteiger charge is 2.25. The number of anilines is 1. The van der Waals surface area contributed by atoms with Crippen molar-refractivity contribution in [2.45, 2.75) is 13.1 Å². The number of amides is 1. The molecule has 2 aromatic carbocycles. The van der Waals surface area contributed by atoms with Gasteiger partial charge in [0.2, 0.25) is 5.89 Å². The smallest absolute Gasteiger partial charge is 0.275 e. The molecule has 2 fully saturated rings. The first-order chi connectivity index (χ1) is 16.7. The Morgan fingerprint density at radius 1 is 0.824 bits per heavy atom. The fraction of sp³-hybridized carbons (Fsp3) is 0.385. The third kappa shape index (κ3) is 5.43. The molecule has 0 unspecified atom stereocenters. The SMILES string of the molecule is O=C(c1coc(CN2CCN(Cc3ccccc3Cl)CC2)n1)N1CCN(c2ccccc2)CC1. The number of halogens is 1. The zero-order valence-electron chi connectivity index (χ0n) is 19.3. The normalized spacial score (nSPS) is 17.8. The van der Waals surface area contributed by atoms with Gasteiger partial charge in [-0.15, -0.1) is 0 Å². The van der Waals surface area contributed by atoms with Gasteiger partial charge in [0.1, 0.15) is 6.26 Å². The summed E-state index contributed by atoms with van der Waals surface area (Å²) in [5.74, 6) is 0.554. The number of rotatable bonds is 6. The first kappa shape index (κ1) is 22.9. The highest BCUT2D eigenvalue weighted by atomic mass is 35.5. The van der Waals surface area contributed by atoms with Crippen molar-refractivity contribution >= 4 is 23.2 Å². The Kier molecular flexibility index (Phi) is 7.13. The first-order valence-electron chi connectivity index (χ1n) is 11.9. The van der Waals surface area contributed by atoms with E-state index in [1.807, 2.05) is 41.3 Å². The van der Waals surface area contributed by atoms with Crippen LogP contribution < -0.4 is 4.90 Å². The maximum Gasteiger partial charge on any atom is 0.275 e. The highest BCUT2D eigenvalue weighted by molar-refractivity contribution is 6.31. The topological polar surface area (TPSA) is 56.1 Å². The molecule has 7 nitrogen and oxygen atoms in total.